The Morgan fingerprint density at radius 1 is 1.17 bits per heavy atom. The van der Waals surface area contributed by atoms with Crippen LogP contribution in [0.4, 0.5) is 13.6 Å². The molecule has 0 saturated heterocycles. The van der Waals surface area contributed by atoms with Gasteiger partial charge in [0.1, 0.15) is 11.6 Å². The summed E-state index contributed by atoms with van der Waals surface area (Å²) in [6.07, 6.45) is 3.16. The lowest BCUT2D eigenvalue weighted by Gasteiger charge is -2.09. The van der Waals surface area contributed by atoms with Crippen LogP contribution in [0.1, 0.15) is 5.56 Å². The van der Waals surface area contributed by atoms with E-state index in [1.165, 1.54) is 42.1 Å². The quantitative estimate of drug-likeness (QED) is 0.643. The van der Waals surface area contributed by atoms with Gasteiger partial charge in [-0.25, -0.2) is 18.6 Å². The van der Waals surface area contributed by atoms with Crippen LogP contribution in [0.15, 0.2) is 58.3 Å². The third-order valence-electron chi connectivity index (χ3n) is 2.85. The Hall–Kier alpha value is -2.38. The molecule has 2 aromatic rings. The lowest BCUT2D eigenvalue weighted by molar-refractivity contribution is -0.0286. The first kappa shape index (κ1) is 17.0. The molecule has 0 heterocycles. The Balaban J connectivity index is 2.18. The Kier molecular flexibility index (Phi) is 5.72. The maximum absolute atomic E-state index is 13.5. The number of amides is 2. The van der Waals surface area contributed by atoms with Gasteiger partial charge in [-0.05, 0) is 42.0 Å². The third-order valence-corrected chi connectivity index (χ3v) is 3.93. The van der Waals surface area contributed by atoms with E-state index in [1.54, 1.807) is 24.3 Å². The largest absolute Gasteiger partial charge is 0.350 e. The molecular weight excluding hydrogens is 322 g/mol. The molecule has 2 rings (SSSR count). The minimum Gasteiger partial charge on any atom is -0.350 e. The van der Waals surface area contributed by atoms with Crippen LogP contribution in [0.2, 0.25) is 0 Å². The number of carbonyl (C=O) groups is 1. The highest BCUT2D eigenvalue weighted by molar-refractivity contribution is 7.99. The number of urea groups is 1. The van der Waals surface area contributed by atoms with Crippen LogP contribution >= 0.6 is 11.8 Å². The highest BCUT2D eigenvalue weighted by atomic mass is 32.2. The van der Waals surface area contributed by atoms with Crippen LogP contribution in [0.3, 0.4) is 0 Å². The van der Waals surface area contributed by atoms with Gasteiger partial charge in [-0.1, -0.05) is 30.0 Å². The molecule has 0 radical (unpaired) electrons. The summed E-state index contributed by atoms with van der Waals surface area (Å²) < 4.78 is 26.4. The standard InChI is InChI=1S/C16H14F2N2O2S/c17-12-5-7-14(8-6-12)23-15-10-13(18)4-3-11(15)2-1-9-20(22)16(19)21/h1-8,10,22H,9H2,(H2,19,21). The van der Waals surface area contributed by atoms with E-state index in [-0.39, 0.29) is 12.4 Å². The van der Waals surface area contributed by atoms with E-state index in [2.05, 4.69) is 0 Å². The maximum Gasteiger partial charge on any atom is 0.338 e. The van der Waals surface area contributed by atoms with Gasteiger partial charge in [0.25, 0.3) is 0 Å². The van der Waals surface area contributed by atoms with E-state index in [9.17, 15) is 18.8 Å². The number of hydrogen-bond acceptors (Lipinski definition) is 3. The topological polar surface area (TPSA) is 66.6 Å². The summed E-state index contributed by atoms with van der Waals surface area (Å²) in [7, 11) is 0. The van der Waals surface area contributed by atoms with Crippen LogP contribution in [-0.2, 0) is 0 Å². The number of primary amides is 1. The van der Waals surface area contributed by atoms with Crippen LogP contribution < -0.4 is 5.73 Å². The molecule has 7 heteroatoms. The fraction of sp³-hybridized carbons (Fsp3) is 0.0625. The second-order valence-electron chi connectivity index (χ2n) is 4.56. The fourth-order valence-corrected chi connectivity index (χ4v) is 2.68. The lowest BCUT2D eigenvalue weighted by atomic mass is 10.2. The van der Waals surface area contributed by atoms with Crippen molar-refractivity contribution in [1.29, 1.82) is 0 Å². The van der Waals surface area contributed by atoms with Gasteiger partial charge in [-0.3, -0.25) is 5.21 Å². The summed E-state index contributed by atoms with van der Waals surface area (Å²) >= 11 is 1.28. The minimum absolute atomic E-state index is 0.0899. The summed E-state index contributed by atoms with van der Waals surface area (Å²) in [4.78, 5) is 12.1. The van der Waals surface area contributed by atoms with Crippen molar-refractivity contribution in [2.75, 3.05) is 6.54 Å². The molecule has 120 valence electrons. The van der Waals surface area contributed by atoms with E-state index in [1.807, 2.05) is 0 Å². The first-order valence-electron chi connectivity index (χ1n) is 6.61. The average Bonchev–Trinajstić information content (AvgIpc) is 2.51. The third kappa shape index (κ3) is 5.08. The van der Waals surface area contributed by atoms with Gasteiger partial charge in [0.15, 0.2) is 0 Å². The molecule has 0 spiro atoms. The SMILES string of the molecule is NC(=O)N(O)CC=Cc1ccc(F)cc1Sc1ccc(F)cc1. The molecule has 0 unspecified atom stereocenters. The summed E-state index contributed by atoms with van der Waals surface area (Å²) in [5.74, 6) is -0.740. The number of rotatable bonds is 5. The van der Waals surface area contributed by atoms with Crippen molar-refractivity contribution in [1.82, 2.24) is 5.06 Å². The number of hydroxylamine groups is 2. The Bertz CT molecular complexity index is 721. The van der Waals surface area contributed by atoms with Gasteiger partial charge < -0.3 is 5.73 Å². The van der Waals surface area contributed by atoms with Gasteiger partial charge in [-0.15, -0.1) is 0 Å². The van der Waals surface area contributed by atoms with Gasteiger partial charge in [0.05, 0.1) is 6.54 Å². The molecule has 0 atom stereocenters. The summed E-state index contributed by atoms with van der Waals surface area (Å²) in [5.41, 5.74) is 5.59. The molecule has 0 saturated carbocycles. The van der Waals surface area contributed by atoms with Crippen molar-refractivity contribution in [2.24, 2.45) is 5.73 Å². The van der Waals surface area contributed by atoms with Gasteiger partial charge in [0, 0.05) is 9.79 Å². The zero-order valence-corrected chi connectivity index (χ0v) is 12.8. The first-order chi connectivity index (χ1) is 11.0. The van der Waals surface area contributed by atoms with Crippen molar-refractivity contribution in [3.8, 4) is 0 Å². The highest BCUT2D eigenvalue weighted by Gasteiger charge is 2.06. The molecule has 0 aliphatic rings. The van der Waals surface area contributed by atoms with Gasteiger partial charge >= 0.3 is 6.03 Å². The molecule has 0 bridgehead atoms. The van der Waals surface area contributed by atoms with Crippen molar-refractivity contribution in [2.45, 2.75) is 9.79 Å². The Morgan fingerprint density at radius 2 is 1.83 bits per heavy atom. The van der Waals surface area contributed by atoms with Crippen LogP contribution in [0, 0.1) is 11.6 Å². The van der Waals surface area contributed by atoms with E-state index < -0.39 is 11.8 Å². The van der Waals surface area contributed by atoms with E-state index in [0.29, 0.717) is 15.5 Å². The number of benzene rings is 2. The Labute approximate surface area is 136 Å². The van der Waals surface area contributed by atoms with E-state index in [0.717, 1.165) is 4.90 Å². The van der Waals surface area contributed by atoms with Crippen LogP contribution in [0.5, 0.6) is 0 Å². The molecule has 2 aromatic carbocycles. The van der Waals surface area contributed by atoms with Crippen molar-refractivity contribution < 1.29 is 18.8 Å². The predicted octanol–water partition coefficient (Wildman–Crippen LogP) is 3.90. The van der Waals surface area contributed by atoms with Crippen LogP contribution in [0.25, 0.3) is 6.08 Å². The molecule has 0 fully saturated rings. The average molecular weight is 336 g/mol. The minimum atomic E-state index is -0.963. The number of nitrogens with zero attached hydrogens (tertiary/aromatic N) is 1. The van der Waals surface area contributed by atoms with E-state index in [4.69, 9.17) is 5.73 Å². The number of halogens is 2. The first-order valence-corrected chi connectivity index (χ1v) is 7.43. The number of nitrogens with two attached hydrogens (primary N) is 1. The fourth-order valence-electron chi connectivity index (χ4n) is 1.73. The molecular formula is C16H14F2N2O2S. The molecule has 2 amide bonds. The van der Waals surface area contributed by atoms with Gasteiger partial charge in [0.2, 0.25) is 0 Å². The highest BCUT2D eigenvalue weighted by Crippen LogP contribution is 2.31. The Morgan fingerprint density at radius 3 is 2.48 bits per heavy atom. The molecule has 0 aromatic heterocycles. The monoisotopic (exact) mass is 336 g/mol. The summed E-state index contributed by atoms with van der Waals surface area (Å²) in [5, 5.41) is 9.54. The number of carbonyl (C=O) groups excluding carboxylic acids is 1. The van der Waals surface area contributed by atoms with E-state index >= 15 is 0 Å². The molecule has 0 aliphatic heterocycles. The molecule has 0 aliphatic carbocycles. The second-order valence-corrected chi connectivity index (χ2v) is 5.68. The summed E-state index contributed by atoms with van der Waals surface area (Å²) in [6.45, 7) is -0.0899. The number of hydrogen-bond donors (Lipinski definition) is 2. The van der Waals surface area contributed by atoms with Gasteiger partial charge in [-0.2, -0.15) is 0 Å². The predicted molar refractivity (Wildman–Crippen MR) is 84.0 cm³/mol. The molecule has 4 nitrogen and oxygen atoms in total. The molecule has 3 N–H and O–H groups in total. The molecule has 23 heavy (non-hydrogen) atoms. The normalized spacial score (nSPS) is 10.9. The lowest BCUT2D eigenvalue weighted by Crippen LogP contribution is -2.32. The zero-order valence-electron chi connectivity index (χ0n) is 11.9. The maximum atomic E-state index is 13.5. The smallest absolute Gasteiger partial charge is 0.338 e. The van der Waals surface area contributed by atoms with Crippen molar-refractivity contribution >= 4 is 23.9 Å². The van der Waals surface area contributed by atoms with Crippen molar-refractivity contribution in [3.05, 3.63) is 65.7 Å². The zero-order chi connectivity index (χ0) is 16.8. The summed E-state index contributed by atoms with van der Waals surface area (Å²) in [6, 6.07) is 9.12. The van der Waals surface area contributed by atoms with Crippen LogP contribution in [-0.4, -0.2) is 22.8 Å². The second kappa shape index (κ2) is 7.75. The van der Waals surface area contributed by atoms with Crippen molar-refractivity contribution in [3.63, 3.8) is 0 Å².